The van der Waals surface area contributed by atoms with Gasteiger partial charge in [-0.2, -0.15) is 13.2 Å². The van der Waals surface area contributed by atoms with Crippen molar-refractivity contribution in [2.24, 2.45) is 33.5 Å². The normalized spacial score (nSPS) is 33.1. The molecule has 3 fully saturated rings. The smallest absolute Gasteiger partial charge is 0.416 e. The molecule has 0 aliphatic heterocycles. The molecule has 0 radical (unpaired) electrons. The van der Waals surface area contributed by atoms with Gasteiger partial charge in [0.15, 0.2) is 17.3 Å². The van der Waals surface area contributed by atoms with E-state index < -0.39 is 39.7 Å². The first-order chi connectivity index (χ1) is 27.9. The number of furan rings is 1. The zero-order valence-corrected chi connectivity index (χ0v) is 35.0. The lowest BCUT2D eigenvalue weighted by molar-refractivity contribution is -0.178. The number of nitrogens with zero attached hydrogens (tertiary/aromatic N) is 1. The van der Waals surface area contributed by atoms with Gasteiger partial charge in [-0.15, -0.1) is 0 Å². The highest BCUT2D eigenvalue weighted by atomic mass is 35.5. The summed E-state index contributed by atoms with van der Waals surface area (Å²) >= 11 is 6.39. The summed E-state index contributed by atoms with van der Waals surface area (Å²) in [6.45, 7) is 7.03. The molecule has 2 N–H and O–H groups in total. The Labute approximate surface area is 348 Å². The molecule has 1 heterocycles. The van der Waals surface area contributed by atoms with Gasteiger partial charge in [0.2, 0.25) is 11.7 Å². The van der Waals surface area contributed by atoms with E-state index in [9.17, 15) is 28.2 Å². The van der Waals surface area contributed by atoms with Crippen molar-refractivity contribution in [2.75, 3.05) is 27.3 Å². The monoisotopic (exact) mass is 835 g/mol. The quantitative estimate of drug-likeness (QED) is 0.146. The van der Waals surface area contributed by atoms with Crippen LogP contribution in [0.15, 0.2) is 76.7 Å². The Morgan fingerprint density at radius 2 is 1.64 bits per heavy atom. The molecule has 8 nitrogen and oxygen atoms in total. The SMILES string of the molecule is CCCN(C[C@]1(O)CC[C@H]2[C@]34C=C[C@@]5(C=C3C(=O)c3ccc(-c6cc(C(F)(F)F)ccc6Cl)o3)CC(O)CC[C@]5(C)[C@H]4CC[C@@]21C)C(=O)Cc1ccc(OC)c(OC)c1. The van der Waals surface area contributed by atoms with Crippen LogP contribution in [0.25, 0.3) is 11.3 Å². The average molecular weight is 836 g/mol. The van der Waals surface area contributed by atoms with Crippen LogP contribution in [-0.2, 0) is 17.4 Å². The highest BCUT2D eigenvalue weighted by molar-refractivity contribution is 6.33. The molecular formula is C47H53ClF3NO7. The maximum Gasteiger partial charge on any atom is 0.416 e. The Morgan fingerprint density at radius 3 is 2.36 bits per heavy atom. The fraction of sp³-hybridized carbons (Fsp3) is 0.532. The van der Waals surface area contributed by atoms with Gasteiger partial charge in [0.05, 0.1) is 42.9 Å². The van der Waals surface area contributed by atoms with Gasteiger partial charge < -0.3 is 29.0 Å². The number of carbonyl (C=O) groups is 2. The Morgan fingerprint density at radius 1 is 0.932 bits per heavy atom. The number of hydrogen-bond donors (Lipinski definition) is 2. The first-order valence-electron chi connectivity index (χ1n) is 20.7. The number of ether oxygens (including phenoxy) is 2. The largest absolute Gasteiger partial charge is 0.493 e. The molecule has 2 bridgehead atoms. The van der Waals surface area contributed by atoms with E-state index in [4.69, 9.17) is 25.5 Å². The number of rotatable bonds is 11. The summed E-state index contributed by atoms with van der Waals surface area (Å²) in [5, 5.41) is 24.2. The number of amides is 1. The molecule has 2 spiro atoms. The van der Waals surface area contributed by atoms with Crippen molar-refractivity contribution < 1.29 is 46.9 Å². The van der Waals surface area contributed by atoms with Crippen molar-refractivity contribution in [3.63, 3.8) is 0 Å². The van der Waals surface area contributed by atoms with Crippen molar-refractivity contribution in [3.05, 3.63) is 94.2 Å². The third-order valence-corrected chi connectivity index (χ3v) is 15.8. The molecule has 316 valence electrons. The van der Waals surface area contributed by atoms with Gasteiger partial charge in [-0.1, -0.05) is 56.7 Å². The Balaban J connectivity index is 1.16. The van der Waals surface area contributed by atoms with E-state index in [0.29, 0.717) is 62.1 Å². The summed E-state index contributed by atoms with van der Waals surface area (Å²) in [5.41, 5.74) is -3.21. The molecule has 8 atom stereocenters. The summed E-state index contributed by atoms with van der Waals surface area (Å²) in [7, 11) is 3.11. The van der Waals surface area contributed by atoms with E-state index in [0.717, 1.165) is 30.5 Å². The van der Waals surface area contributed by atoms with Crippen molar-refractivity contribution in [1.29, 1.82) is 0 Å². The second kappa shape index (κ2) is 14.5. The minimum Gasteiger partial charge on any atom is -0.493 e. The molecule has 0 saturated heterocycles. The lowest BCUT2D eigenvalue weighted by atomic mass is 9.32. The number of Topliss-reactive ketones (excluding diaryl/α,β-unsaturated/α-hetero) is 1. The number of halogens is 4. The van der Waals surface area contributed by atoms with Crippen LogP contribution in [0.5, 0.6) is 11.5 Å². The summed E-state index contributed by atoms with van der Waals surface area (Å²) in [6.07, 6.45) is 6.46. The van der Waals surface area contributed by atoms with Crippen LogP contribution in [0.3, 0.4) is 0 Å². The predicted octanol–water partition coefficient (Wildman–Crippen LogP) is 9.89. The number of aliphatic hydroxyl groups excluding tert-OH is 1. The number of methoxy groups -OCH3 is 2. The van der Waals surface area contributed by atoms with Crippen molar-refractivity contribution in [1.82, 2.24) is 4.90 Å². The van der Waals surface area contributed by atoms with Crippen LogP contribution in [0.4, 0.5) is 13.2 Å². The molecule has 2 aromatic carbocycles. The summed E-state index contributed by atoms with van der Waals surface area (Å²) in [4.78, 5) is 31.0. The van der Waals surface area contributed by atoms with Crippen molar-refractivity contribution in [3.8, 4) is 22.8 Å². The fourth-order valence-corrected chi connectivity index (χ4v) is 12.6. The van der Waals surface area contributed by atoms with Crippen molar-refractivity contribution in [2.45, 2.75) is 96.4 Å². The van der Waals surface area contributed by atoms with Gasteiger partial charge in [-0.25, -0.2) is 0 Å². The molecule has 3 saturated carbocycles. The Hall–Kier alpha value is -4.06. The summed E-state index contributed by atoms with van der Waals surface area (Å²) in [6, 6.07) is 11.4. The predicted molar refractivity (Wildman–Crippen MR) is 217 cm³/mol. The van der Waals surface area contributed by atoms with E-state index in [-0.39, 0.29) is 64.0 Å². The first kappa shape index (κ1) is 41.7. The third-order valence-electron chi connectivity index (χ3n) is 15.4. The molecule has 9 rings (SSSR count). The maximum atomic E-state index is 15.1. The number of fused-ring (bicyclic) bond motifs is 1. The molecule has 1 unspecified atom stereocenters. The minimum absolute atomic E-state index is 0.00245. The second-order valence-electron chi connectivity index (χ2n) is 18.2. The zero-order valence-electron chi connectivity index (χ0n) is 34.3. The van der Waals surface area contributed by atoms with E-state index >= 15 is 4.79 Å². The number of carbonyl (C=O) groups excluding carboxylic acids is 2. The topological polar surface area (TPSA) is 109 Å². The van der Waals surface area contributed by atoms with Crippen molar-refractivity contribution >= 4 is 23.3 Å². The van der Waals surface area contributed by atoms with E-state index in [1.807, 2.05) is 13.0 Å². The van der Waals surface area contributed by atoms with Gasteiger partial charge in [0.25, 0.3) is 0 Å². The van der Waals surface area contributed by atoms with E-state index in [1.54, 1.807) is 31.3 Å². The summed E-state index contributed by atoms with van der Waals surface area (Å²) in [5.74, 6) is 0.465. The molecule has 12 heteroatoms. The number of aliphatic hydroxyl groups is 2. The summed E-state index contributed by atoms with van der Waals surface area (Å²) < 4.78 is 58.1. The Kier molecular flexibility index (Phi) is 10.3. The number of ketones is 1. The van der Waals surface area contributed by atoms with Crippen LogP contribution >= 0.6 is 11.6 Å². The minimum atomic E-state index is -4.60. The molecule has 3 aromatic rings. The average Bonchev–Trinajstić information content (AvgIpc) is 3.79. The second-order valence-corrected chi connectivity index (χ2v) is 18.6. The molecule has 1 amide bonds. The highest BCUT2D eigenvalue weighted by Gasteiger charge is 2.74. The number of alkyl halides is 3. The first-order valence-corrected chi connectivity index (χ1v) is 21.1. The zero-order chi connectivity index (χ0) is 42.3. The van der Waals surface area contributed by atoms with Gasteiger partial charge in [0, 0.05) is 40.5 Å². The fourth-order valence-electron chi connectivity index (χ4n) is 12.4. The van der Waals surface area contributed by atoms with E-state index in [2.05, 4.69) is 32.1 Å². The van der Waals surface area contributed by atoms with Crippen LogP contribution < -0.4 is 9.47 Å². The number of allylic oxidation sites excluding steroid dienone is 4. The lowest BCUT2D eigenvalue weighted by Crippen LogP contribution is -2.67. The molecule has 59 heavy (non-hydrogen) atoms. The Bertz CT molecular complexity index is 2230. The third kappa shape index (κ3) is 6.30. The van der Waals surface area contributed by atoms with Crippen LogP contribution in [0.2, 0.25) is 5.02 Å². The lowest BCUT2D eigenvalue weighted by Gasteiger charge is -2.71. The standard InChI is InChI=1S/C47H53ClF3NO7/c1-6-21-52(40(54)23-28-7-10-35(57-4)37(22-28)58-5)27-45(56)18-15-39-43(45,3)17-14-38-42(2)16-13-30(53)25-44(42)19-20-46(38,39)32(26-44)41(55)36-12-11-34(59-36)31-24-29(47(49,50)51)8-9-33(31)48/h7-12,19-20,22,24,26,30,38-39,53,56H,6,13-18,21,23,25,27H2,1-5H3/t30?,38-,39-,42-,43+,44+,45-,46-/m1/s1. The molecule has 6 aliphatic carbocycles. The van der Waals surface area contributed by atoms with Gasteiger partial charge >= 0.3 is 6.18 Å². The number of benzene rings is 2. The maximum absolute atomic E-state index is 15.1. The van der Waals surface area contributed by atoms with Gasteiger partial charge in [-0.3, -0.25) is 9.59 Å². The van der Waals surface area contributed by atoms with Crippen LogP contribution in [0.1, 0.15) is 93.8 Å². The van der Waals surface area contributed by atoms with Gasteiger partial charge in [-0.05, 0) is 117 Å². The molecule has 1 aromatic heterocycles. The molecule has 6 aliphatic rings. The highest BCUT2D eigenvalue weighted by Crippen LogP contribution is 2.78. The number of hydrogen-bond acceptors (Lipinski definition) is 7. The van der Waals surface area contributed by atoms with Crippen LogP contribution in [0, 0.1) is 33.5 Å². The van der Waals surface area contributed by atoms with Crippen LogP contribution in [-0.4, -0.2) is 65.8 Å². The molecular weight excluding hydrogens is 783 g/mol. The van der Waals surface area contributed by atoms with E-state index in [1.165, 1.54) is 18.2 Å². The van der Waals surface area contributed by atoms with Gasteiger partial charge in [0.1, 0.15) is 5.76 Å².